The summed E-state index contributed by atoms with van der Waals surface area (Å²) < 4.78 is 0. The van der Waals surface area contributed by atoms with E-state index in [-0.39, 0.29) is 24.3 Å². The molecule has 1 aromatic carbocycles. The normalized spacial score (nSPS) is 19.4. The predicted octanol–water partition coefficient (Wildman–Crippen LogP) is 1.49. The van der Waals surface area contributed by atoms with Crippen LogP contribution in [-0.2, 0) is 9.59 Å². The summed E-state index contributed by atoms with van der Waals surface area (Å²) >= 11 is 0. The van der Waals surface area contributed by atoms with Crippen molar-refractivity contribution in [2.75, 3.05) is 6.54 Å². The highest BCUT2D eigenvalue weighted by molar-refractivity contribution is 5.88. The SMILES string of the molecule is CCC(NC(=O)CC(N)C(=O)N1CCC[C@H]1C#N)c1ccccc1. The Bertz CT molecular complexity index is 611. The lowest BCUT2D eigenvalue weighted by atomic mass is 10.0. The Morgan fingerprint density at radius 2 is 2.12 bits per heavy atom. The Morgan fingerprint density at radius 3 is 2.75 bits per heavy atom. The number of nitrogens with two attached hydrogens (primary N) is 1. The summed E-state index contributed by atoms with van der Waals surface area (Å²) in [5.41, 5.74) is 6.93. The molecule has 128 valence electrons. The number of carbonyl (C=O) groups is 2. The zero-order valence-corrected chi connectivity index (χ0v) is 13.9. The maximum atomic E-state index is 12.3. The summed E-state index contributed by atoms with van der Waals surface area (Å²) in [7, 11) is 0. The van der Waals surface area contributed by atoms with E-state index in [1.54, 1.807) is 0 Å². The molecule has 2 rings (SSSR count). The second-order valence-electron chi connectivity index (χ2n) is 6.07. The minimum absolute atomic E-state index is 0.0726. The first-order valence-corrected chi connectivity index (χ1v) is 8.36. The zero-order chi connectivity index (χ0) is 17.5. The van der Waals surface area contributed by atoms with Gasteiger partial charge in [0.25, 0.3) is 0 Å². The van der Waals surface area contributed by atoms with E-state index in [2.05, 4.69) is 11.4 Å². The van der Waals surface area contributed by atoms with Gasteiger partial charge < -0.3 is 16.0 Å². The number of carbonyl (C=O) groups excluding carboxylic acids is 2. The fraction of sp³-hybridized carbons (Fsp3) is 0.500. The number of nitriles is 1. The quantitative estimate of drug-likeness (QED) is 0.826. The van der Waals surface area contributed by atoms with E-state index in [1.807, 2.05) is 37.3 Å². The third-order valence-electron chi connectivity index (χ3n) is 4.35. The van der Waals surface area contributed by atoms with E-state index in [9.17, 15) is 9.59 Å². The number of benzene rings is 1. The molecule has 2 unspecified atom stereocenters. The molecule has 0 bridgehead atoms. The van der Waals surface area contributed by atoms with E-state index in [4.69, 9.17) is 11.0 Å². The topological polar surface area (TPSA) is 99.2 Å². The standard InChI is InChI=1S/C18H24N4O2/c1-2-16(13-7-4-3-5-8-13)21-17(23)11-15(20)18(24)22-10-6-9-14(22)12-19/h3-5,7-8,14-16H,2,6,9-11,20H2,1H3,(H,21,23)/t14-,15?,16?/m0/s1. The monoisotopic (exact) mass is 328 g/mol. The van der Waals surface area contributed by atoms with Crippen molar-refractivity contribution in [1.82, 2.24) is 10.2 Å². The van der Waals surface area contributed by atoms with Gasteiger partial charge in [-0.05, 0) is 24.8 Å². The van der Waals surface area contributed by atoms with Crippen LogP contribution in [0.25, 0.3) is 0 Å². The molecule has 6 heteroatoms. The van der Waals surface area contributed by atoms with E-state index in [1.165, 1.54) is 4.90 Å². The highest BCUT2D eigenvalue weighted by atomic mass is 16.2. The molecule has 1 fully saturated rings. The lowest BCUT2D eigenvalue weighted by Crippen LogP contribution is -2.47. The van der Waals surface area contributed by atoms with Crippen LogP contribution >= 0.6 is 0 Å². The summed E-state index contributed by atoms with van der Waals surface area (Å²) in [6.45, 7) is 2.53. The second-order valence-corrected chi connectivity index (χ2v) is 6.07. The van der Waals surface area contributed by atoms with Crippen molar-refractivity contribution in [3.63, 3.8) is 0 Å². The largest absolute Gasteiger partial charge is 0.349 e. The van der Waals surface area contributed by atoms with Crippen LogP contribution in [0.1, 0.15) is 44.2 Å². The highest BCUT2D eigenvalue weighted by Crippen LogP contribution is 2.19. The molecule has 6 nitrogen and oxygen atoms in total. The van der Waals surface area contributed by atoms with Crippen LogP contribution in [0.3, 0.4) is 0 Å². The molecule has 3 atom stereocenters. The molecule has 1 heterocycles. The molecule has 0 aliphatic carbocycles. The summed E-state index contributed by atoms with van der Waals surface area (Å²) in [4.78, 5) is 26.1. The van der Waals surface area contributed by atoms with Crippen LogP contribution in [0.15, 0.2) is 30.3 Å². The number of nitrogens with one attached hydrogen (secondary N) is 1. The average Bonchev–Trinajstić information content (AvgIpc) is 3.08. The number of nitrogens with zero attached hydrogens (tertiary/aromatic N) is 2. The van der Waals surface area contributed by atoms with Crippen LogP contribution in [0, 0.1) is 11.3 Å². The highest BCUT2D eigenvalue weighted by Gasteiger charge is 2.32. The molecular weight excluding hydrogens is 304 g/mol. The molecule has 1 aliphatic heterocycles. The Balaban J connectivity index is 1.91. The second kappa shape index (κ2) is 8.46. The van der Waals surface area contributed by atoms with Gasteiger partial charge in [-0.1, -0.05) is 37.3 Å². The minimum atomic E-state index is -0.910. The Kier molecular flexibility index (Phi) is 6.33. The molecule has 1 aliphatic rings. The number of hydrogen-bond acceptors (Lipinski definition) is 4. The summed E-state index contributed by atoms with van der Waals surface area (Å²) in [5.74, 6) is -0.568. The lowest BCUT2D eigenvalue weighted by Gasteiger charge is -2.24. The van der Waals surface area contributed by atoms with Crippen molar-refractivity contribution >= 4 is 11.8 Å². The molecule has 1 saturated heterocycles. The van der Waals surface area contributed by atoms with E-state index >= 15 is 0 Å². The molecule has 0 radical (unpaired) electrons. The Labute approximate surface area is 142 Å². The van der Waals surface area contributed by atoms with Crippen LogP contribution < -0.4 is 11.1 Å². The predicted molar refractivity (Wildman–Crippen MR) is 90.6 cm³/mol. The third kappa shape index (κ3) is 4.33. The average molecular weight is 328 g/mol. The number of amides is 2. The molecule has 0 aromatic heterocycles. The molecule has 3 N–H and O–H groups in total. The van der Waals surface area contributed by atoms with Gasteiger partial charge in [0.2, 0.25) is 11.8 Å². The van der Waals surface area contributed by atoms with Gasteiger partial charge in [0.05, 0.1) is 24.6 Å². The van der Waals surface area contributed by atoms with Gasteiger partial charge in [-0.15, -0.1) is 0 Å². The smallest absolute Gasteiger partial charge is 0.241 e. The van der Waals surface area contributed by atoms with E-state index in [0.717, 1.165) is 18.4 Å². The molecule has 1 aromatic rings. The van der Waals surface area contributed by atoms with Crippen molar-refractivity contribution in [2.24, 2.45) is 5.73 Å². The first kappa shape index (κ1) is 18.0. The van der Waals surface area contributed by atoms with Gasteiger partial charge >= 0.3 is 0 Å². The first-order chi connectivity index (χ1) is 11.6. The van der Waals surface area contributed by atoms with Crippen LogP contribution in [-0.4, -0.2) is 35.3 Å². The molecule has 0 spiro atoms. The minimum Gasteiger partial charge on any atom is -0.349 e. The van der Waals surface area contributed by atoms with Gasteiger partial charge in [-0.25, -0.2) is 0 Å². The number of rotatable bonds is 6. The van der Waals surface area contributed by atoms with Gasteiger partial charge in [0, 0.05) is 6.54 Å². The molecule has 2 amide bonds. The summed E-state index contributed by atoms with van der Waals surface area (Å²) in [6.07, 6.45) is 2.15. The maximum absolute atomic E-state index is 12.3. The fourth-order valence-corrected chi connectivity index (χ4v) is 3.02. The van der Waals surface area contributed by atoms with Crippen molar-refractivity contribution in [2.45, 2.75) is 50.7 Å². The summed E-state index contributed by atoms with van der Waals surface area (Å²) in [5, 5.41) is 12.0. The maximum Gasteiger partial charge on any atom is 0.241 e. The Hall–Kier alpha value is -2.39. The summed E-state index contributed by atoms with van der Waals surface area (Å²) in [6, 6.07) is 10.4. The molecule has 24 heavy (non-hydrogen) atoms. The van der Waals surface area contributed by atoms with E-state index < -0.39 is 12.1 Å². The van der Waals surface area contributed by atoms with Crippen LogP contribution in [0.2, 0.25) is 0 Å². The van der Waals surface area contributed by atoms with Crippen molar-refractivity contribution in [3.05, 3.63) is 35.9 Å². The van der Waals surface area contributed by atoms with E-state index in [0.29, 0.717) is 13.0 Å². The Morgan fingerprint density at radius 1 is 1.42 bits per heavy atom. The van der Waals surface area contributed by atoms with Gasteiger partial charge in [0.15, 0.2) is 0 Å². The third-order valence-corrected chi connectivity index (χ3v) is 4.35. The first-order valence-electron chi connectivity index (χ1n) is 8.36. The van der Waals surface area contributed by atoms with Gasteiger partial charge in [0.1, 0.15) is 6.04 Å². The zero-order valence-electron chi connectivity index (χ0n) is 13.9. The van der Waals surface area contributed by atoms with Crippen molar-refractivity contribution in [1.29, 1.82) is 5.26 Å². The van der Waals surface area contributed by atoms with Crippen molar-refractivity contribution in [3.8, 4) is 6.07 Å². The lowest BCUT2D eigenvalue weighted by molar-refractivity contribution is -0.135. The van der Waals surface area contributed by atoms with Crippen LogP contribution in [0.5, 0.6) is 0 Å². The van der Waals surface area contributed by atoms with Crippen LogP contribution in [0.4, 0.5) is 0 Å². The number of hydrogen-bond donors (Lipinski definition) is 2. The molecule has 0 saturated carbocycles. The fourth-order valence-electron chi connectivity index (χ4n) is 3.02. The van der Waals surface area contributed by atoms with Gasteiger partial charge in [-0.3, -0.25) is 9.59 Å². The van der Waals surface area contributed by atoms with Gasteiger partial charge in [-0.2, -0.15) is 5.26 Å². The van der Waals surface area contributed by atoms with Crippen molar-refractivity contribution < 1.29 is 9.59 Å². The molecular formula is C18H24N4O2. The number of likely N-dealkylation sites (tertiary alicyclic amines) is 1.